The number of likely N-dealkylation sites (tertiary alicyclic amines) is 1. The summed E-state index contributed by atoms with van der Waals surface area (Å²) in [5.41, 5.74) is 6.05. The Morgan fingerprint density at radius 3 is 2.24 bits per heavy atom. The largest absolute Gasteiger partial charge is 0.330 e. The van der Waals surface area contributed by atoms with Gasteiger partial charge in [0.1, 0.15) is 0 Å². The van der Waals surface area contributed by atoms with Gasteiger partial charge in [-0.2, -0.15) is 0 Å². The van der Waals surface area contributed by atoms with E-state index in [4.69, 9.17) is 5.73 Å². The van der Waals surface area contributed by atoms with E-state index in [-0.39, 0.29) is 5.41 Å². The van der Waals surface area contributed by atoms with E-state index in [2.05, 4.69) is 44.5 Å². The first-order valence-electron chi connectivity index (χ1n) is 7.00. The Morgan fingerprint density at radius 1 is 1.29 bits per heavy atom. The van der Waals surface area contributed by atoms with E-state index < -0.39 is 0 Å². The van der Waals surface area contributed by atoms with Gasteiger partial charge in [-0.15, -0.1) is 0 Å². The number of piperidine rings is 1. The summed E-state index contributed by atoms with van der Waals surface area (Å²) in [4.78, 5) is 5.10. The standard InChI is InChI=1S/C14H31N3/c1-12(2)17-8-6-13(7-9-17)16(5)11-14(3,4)10-15/h12-13H,6-11,15H2,1-5H3. The lowest BCUT2D eigenvalue weighted by Crippen LogP contribution is -2.48. The van der Waals surface area contributed by atoms with Gasteiger partial charge < -0.3 is 15.5 Å². The number of rotatable bonds is 5. The molecule has 1 rings (SSSR count). The zero-order chi connectivity index (χ0) is 13.1. The van der Waals surface area contributed by atoms with Crippen molar-refractivity contribution in [3.63, 3.8) is 0 Å². The van der Waals surface area contributed by atoms with Gasteiger partial charge in [-0.3, -0.25) is 0 Å². The highest BCUT2D eigenvalue weighted by Crippen LogP contribution is 2.21. The van der Waals surface area contributed by atoms with Gasteiger partial charge in [0, 0.05) is 18.6 Å². The lowest BCUT2D eigenvalue weighted by molar-refractivity contribution is 0.0857. The summed E-state index contributed by atoms with van der Waals surface area (Å²) in [5, 5.41) is 0. The highest BCUT2D eigenvalue weighted by Gasteiger charge is 2.27. The molecule has 1 heterocycles. The Hall–Kier alpha value is -0.120. The Morgan fingerprint density at radius 2 is 1.82 bits per heavy atom. The third-order valence-corrected chi connectivity index (χ3v) is 4.08. The van der Waals surface area contributed by atoms with Crippen molar-refractivity contribution in [2.24, 2.45) is 11.1 Å². The van der Waals surface area contributed by atoms with E-state index >= 15 is 0 Å². The molecule has 1 fully saturated rings. The summed E-state index contributed by atoms with van der Waals surface area (Å²) >= 11 is 0. The van der Waals surface area contributed by atoms with Gasteiger partial charge in [0.25, 0.3) is 0 Å². The molecule has 3 heteroatoms. The molecule has 0 atom stereocenters. The third kappa shape index (κ3) is 4.57. The molecule has 0 spiro atoms. The van der Waals surface area contributed by atoms with Crippen molar-refractivity contribution in [1.82, 2.24) is 9.80 Å². The minimum Gasteiger partial charge on any atom is -0.330 e. The summed E-state index contributed by atoms with van der Waals surface area (Å²) in [6.45, 7) is 13.5. The number of nitrogens with two attached hydrogens (primary N) is 1. The van der Waals surface area contributed by atoms with Crippen molar-refractivity contribution < 1.29 is 0 Å². The van der Waals surface area contributed by atoms with E-state index in [0.29, 0.717) is 6.04 Å². The molecule has 102 valence electrons. The fourth-order valence-electron chi connectivity index (χ4n) is 2.71. The summed E-state index contributed by atoms with van der Waals surface area (Å²) < 4.78 is 0. The average molecular weight is 241 g/mol. The minimum atomic E-state index is 0.240. The maximum Gasteiger partial charge on any atom is 0.0117 e. The SMILES string of the molecule is CC(C)N1CCC(N(C)CC(C)(C)CN)CC1. The maximum atomic E-state index is 5.81. The van der Waals surface area contributed by atoms with Crippen LogP contribution < -0.4 is 5.73 Å². The fourth-order valence-corrected chi connectivity index (χ4v) is 2.71. The lowest BCUT2D eigenvalue weighted by atomic mass is 9.91. The summed E-state index contributed by atoms with van der Waals surface area (Å²) in [7, 11) is 2.26. The van der Waals surface area contributed by atoms with Crippen LogP contribution in [0, 0.1) is 5.41 Å². The number of hydrogen-bond donors (Lipinski definition) is 1. The zero-order valence-corrected chi connectivity index (χ0v) is 12.4. The first-order valence-corrected chi connectivity index (χ1v) is 7.00. The topological polar surface area (TPSA) is 32.5 Å². The quantitative estimate of drug-likeness (QED) is 0.796. The third-order valence-electron chi connectivity index (χ3n) is 4.08. The summed E-state index contributed by atoms with van der Waals surface area (Å²) in [6.07, 6.45) is 2.60. The van der Waals surface area contributed by atoms with Crippen molar-refractivity contribution in [2.75, 3.05) is 33.2 Å². The number of nitrogens with zero attached hydrogens (tertiary/aromatic N) is 2. The van der Waals surface area contributed by atoms with Gasteiger partial charge in [-0.25, -0.2) is 0 Å². The van der Waals surface area contributed by atoms with E-state index in [9.17, 15) is 0 Å². The van der Waals surface area contributed by atoms with Gasteiger partial charge in [-0.1, -0.05) is 13.8 Å². The molecule has 0 unspecified atom stereocenters. The van der Waals surface area contributed by atoms with Crippen LogP contribution in [0.3, 0.4) is 0 Å². The molecule has 1 saturated heterocycles. The molecule has 1 aliphatic rings. The predicted octanol–water partition coefficient (Wildman–Crippen LogP) is 1.78. The first kappa shape index (κ1) is 14.9. The Labute approximate surface area is 107 Å². The van der Waals surface area contributed by atoms with Gasteiger partial charge >= 0.3 is 0 Å². The van der Waals surface area contributed by atoms with Crippen LogP contribution in [0.4, 0.5) is 0 Å². The monoisotopic (exact) mass is 241 g/mol. The van der Waals surface area contributed by atoms with E-state index in [0.717, 1.165) is 19.1 Å². The van der Waals surface area contributed by atoms with Crippen molar-refractivity contribution in [3.8, 4) is 0 Å². The highest BCUT2D eigenvalue weighted by molar-refractivity contribution is 4.83. The molecule has 17 heavy (non-hydrogen) atoms. The van der Waals surface area contributed by atoms with Crippen LogP contribution in [0.5, 0.6) is 0 Å². The highest BCUT2D eigenvalue weighted by atomic mass is 15.2. The van der Waals surface area contributed by atoms with Crippen molar-refractivity contribution in [1.29, 1.82) is 0 Å². The first-order chi connectivity index (χ1) is 7.85. The van der Waals surface area contributed by atoms with Gasteiger partial charge in [0.2, 0.25) is 0 Å². The second-order valence-electron chi connectivity index (χ2n) is 6.64. The Balaban J connectivity index is 2.38. The number of hydrogen-bond acceptors (Lipinski definition) is 3. The van der Waals surface area contributed by atoms with E-state index in [1.165, 1.54) is 25.9 Å². The lowest BCUT2D eigenvalue weighted by Gasteiger charge is -2.41. The van der Waals surface area contributed by atoms with Crippen molar-refractivity contribution in [3.05, 3.63) is 0 Å². The molecule has 0 aromatic rings. The van der Waals surface area contributed by atoms with Gasteiger partial charge in [-0.05, 0) is 58.8 Å². The van der Waals surface area contributed by atoms with Crippen LogP contribution in [0.2, 0.25) is 0 Å². The zero-order valence-electron chi connectivity index (χ0n) is 12.4. The summed E-state index contributed by atoms with van der Waals surface area (Å²) in [5.74, 6) is 0. The maximum absolute atomic E-state index is 5.81. The molecule has 1 aliphatic heterocycles. The molecule has 3 nitrogen and oxygen atoms in total. The molecular weight excluding hydrogens is 210 g/mol. The van der Waals surface area contributed by atoms with Crippen LogP contribution in [0.25, 0.3) is 0 Å². The van der Waals surface area contributed by atoms with Crippen molar-refractivity contribution in [2.45, 2.75) is 52.6 Å². The van der Waals surface area contributed by atoms with Gasteiger partial charge in [0.15, 0.2) is 0 Å². The van der Waals surface area contributed by atoms with Crippen LogP contribution in [-0.2, 0) is 0 Å². The fraction of sp³-hybridized carbons (Fsp3) is 1.00. The van der Waals surface area contributed by atoms with E-state index in [1.54, 1.807) is 0 Å². The molecule has 0 aromatic heterocycles. The van der Waals surface area contributed by atoms with Crippen LogP contribution in [0.1, 0.15) is 40.5 Å². The van der Waals surface area contributed by atoms with Crippen molar-refractivity contribution >= 4 is 0 Å². The molecule has 0 saturated carbocycles. The minimum absolute atomic E-state index is 0.240. The smallest absolute Gasteiger partial charge is 0.0117 e. The average Bonchev–Trinajstić information content (AvgIpc) is 2.28. The van der Waals surface area contributed by atoms with Crippen LogP contribution in [-0.4, -0.2) is 55.1 Å². The van der Waals surface area contributed by atoms with Crippen LogP contribution >= 0.6 is 0 Å². The van der Waals surface area contributed by atoms with E-state index in [1.807, 2.05) is 0 Å². The molecule has 0 aliphatic carbocycles. The predicted molar refractivity (Wildman–Crippen MR) is 75.2 cm³/mol. The Bertz CT molecular complexity index is 218. The molecule has 0 aromatic carbocycles. The molecular formula is C14H31N3. The second-order valence-corrected chi connectivity index (χ2v) is 6.64. The second kappa shape index (κ2) is 6.17. The Kier molecular flexibility index (Phi) is 5.42. The summed E-state index contributed by atoms with van der Waals surface area (Å²) in [6, 6.07) is 1.44. The molecule has 2 N–H and O–H groups in total. The van der Waals surface area contributed by atoms with Gasteiger partial charge in [0.05, 0.1) is 0 Å². The van der Waals surface area contributed by atoms with Crippen LogP contribution in [0.15, 0.2) is 0 Å². The molecule has 0 bridgehead atoms. The normalized spacial score (nSPS) is 20.5. The molecule has 0 radical (unpaired) electrons. The molecule has 0 amide bonds.